The number of aromatic nitrogens is 5. The minimum Gasteiger partial charge on any atom is -0.322 e. The predicted molar refractivity (Wildman–Crippen MR) is 120 cm³/mol. The quantitative estimate of drug-likeness (QED) is 0.568. The Morgan fingerprint density at radius 3 is 2.74 bits per heavy atom. The fourth-order valence-corrected chi connectivity index (χ4v) is 5.05. The van der Waals surface area contributed by atoms with Gasteiger partial charge in [0.2, 0.25) is 0 Å². The molecule has 162 valence electrons. The molecule has 0 unspecified atom stereocenters. The Balaban J connectivity index is 1.73. The highest BCUT2D eigenvalue weighted by atomic mass is 32.2. The number of unbranched alkanes of at least 4 members (excludes halogenated alkanes) is 1. The minimum atomic E-state index is -0.422. The third-order valence-corrected chi connectivity index (χ3v) is 6.73. The summed E-state index contributed by atoms with van der Waals surface area (Å²) in [5.41, 5.74) is 2.87. The topological polar surface area (TPSA) is 109 Å². The van der Waals surface area contributed by atoms with Crippen LogP contribution in [0.3, 0.4) is 0 Å². The number of aryl methyl sites for hydroxylation is 4. The summed E-state index contributed by atoms with van der Waals surface area (Å²) in [5.74, 6) is 1.16. The molecule has 1 aliphatic rings. The number of nitriles is 1. The first kappa shape index (κ1) is 21.4. The summed E-state index contributed by atoms with van der Waals surface area (Å²) in [6.45, 7) is 5.08. The number of fused-ring (bicyclic) bond motifs is 2. The van der Waals surface area contributed by atoms with E-state index in [4.69, 9.17) is 9.97 Å². The number of nitrogens with one attached hydrogen (secondary N) is 1. The highest BCUT2D eigenvalue weighted by Crippen LogP contribution is 2.29. The number of thioether (sulfide) groups is 1. The molecule has 0 aromatic carbocycles. The van der Waals surface area contributed by atoms with Crippen LogP contribution in [0.5, 0.6) is 0 Å². The Morgan fingerprint density at radius 2 is 2.00 bits per heavy atom. The number of pyridine rings is 1. The molecule has 1 aliphatic carbocycles. The molecule has 0 amide bonds. The molecule has 31 heavy (non-hydrogen) atoms. The van der Waals surface area contributed by atoms with Crippen LogP contribution in [0, 0.1) is 11.3 Å². The largest absolute Gasteiger partial charge is 0.330 e. The summed E-state index contributed by atoms with van der Waals surface area (Å²) in [6.07, 6.45) is 5.95. The molecular weight excluding hydrogens is 412 g/mol. The van der Waals surface area contributed by atoms with Gasteiger partial charge < -0.3 is 4.57 Å². The van der Waals surface area contributed by atoms with Crippen molar-refractivity contribution in [3.8, 4) is 6.07 Å². The van der Waals surface area contributed by atoms with Crippen molar-refractivity contribution in [3.05, 3.63) is 49.5 Å². The van der Waals surface area contributed by atoms with E-state index in [1.807, 2.05) is 17.6 Å². The first-order chi connectivity index (χ1) is 15.1. The summed E-state index contributed by atoms with van der Waals surface area (Å²) in [7, 11) is 0. The van der Waals surface area contributed by atoms with Gasteiger partial charge in [-0.05, 0) is 50.7 Å². The van der Waals surface area contributed by atoms with Crippen molar-refractivity contribution in [2.75, 3.05) is 0 Å². The van der Waals surface area contributed by atoms with Gasteiger partial charge in [-0.3, -0.25) is 14.3 Å². The van der Waals surface area contributed by atoms with Crippen molar-refractivity contribution >= 4 is 22.9 Å². The maximum Gasteiger partial charge on any atom is 0.330 e. The van der Waals surface area contributed by atoms with Crippen molar-refractivity contribution in [1.29, 1.82) is 5.26 Å². The Labute approximate surface area is 184 Å². The van der Waals surface area contributed by atoms with Crippen LogP contribution in [0.25, 0.3) is 11.2 Å². The standard InChI is InChI=1S/C22H26N6O2S/c1-3-5-10-28-19-18(20(29)26-22(28)30)27(4-2)17(25-19)13-31-21-15(12-23)11-14-8-6-7-9-16(14)24-21/h11H,3-10,13H2,1-2H3,(H,26,29,30). The zero-order valence-electron chi connectivity index (χ0n) is 17.9. The summed E-state index contributed by atoms with van der Waals surface area (Å²) in [5, 5.41) is 10.3. The van der Waals surface area contributed by atoms with E-state index in [-0.39, 0.29) is 0 Å². The Hall–Kier alpha value is -2.86. The van der Waals surface area contributed by atoms with Gasteiger partial charge in [0.05, 0.1) is 11.3 Å². The molecule has 0 spiro atoms. The summed E-state index contributed by atoms with van der Waals surface area (Å²) < 4.78 is 3.41. The van der Waals surface area contributed by atoms with Gasteiger partial charge in [-0.2, -0.15) is 5.26 Å². The van der Waals surface area contributed by atoms with E-state index >= 15 is 0 Å². The van der Waals surface area contributed by atoms with Crippen LogP contribution in [0.1, 0.15) is 62.2 Å². The molecule has 4 rings (SSSR count). The predicted octanol–water partition coefficient (Wildman–Crippen LogP) is 3.14. The highest BCUT2D eigenvalue weighted by Gasteiger charge is 2.20. The normalized spacial score (nSPS) is 13.3. The van der Waals surface area contributed by atoms with E-state index in [0.29, 0.717) is 46.4 Å². The summed E-state index contributed by atoms with van der Waals surface area (Å²) >= 11 is 1.46. The van der Waals surface area contributed by atoms with Gasteiger partial charge in [-0.15, -0.1) is 0 Å². The van der Waals surface area contributed by atoms with Crippen LogP contribution in [0.4, 0.5) is 0 Å². The number of hydrogen-bond acceptors (Lipinski definition) is 6. The molecule has 0 radical (unpaired) electrons. The number of hydrogen-bond donors (Lipinski definition) is 1. The monoisotopic (exact) mass is 438 g/mol. The van der Waals surface area contributed by atoms with Crippen LogP contribution in [-0.2, 0) is 31.7 Å². The average Bonchev–Trinajstić information content (AvgIpc) is 3.15. The molecule has 0 atom stereocenters. The SMILES string of the molecule is CCCCn1c(=O)[nH]c(=O)c2c1nc(CSc1nc3c(cc1C#N)CCCC3)n2CC. The molecule has 3 aromatic rings. The van der Waals surface area contributed by atoms with Crippen molar-refractivity contribution in [1.82, 2.24) is 24.1 Å². The Kier molecular flexibility index (Phi) is 6.28. The first-order valence-electron chi connectivity index (χ1n) is 10.8. The van der Waals surface area contributed by atoms with Crippen molar-refractivity contribution in [3.63, 3.8) is 0 Å². The van der Waals surface area contributed by atoms with Gasteiger partial charge in [0.15, 0.2) is 11.2 Å². The lowest BCUT2D eigenvalue weighted by Gasteiger charge is -2.16. The smallest absolute Gasteiger partial charge is 0.322 e. The molecular formula is C22H26N6O2S. The number of rotatable bonds is 7. The first-order valence-corrected chi connectivity index (χ1v) is 11.8. The molecule has 0 saturated heterocycles. The second-order valence-corrected chi connectivity index (χ2v) is 8.73. The fourth-order valence-electron chi connectivity index (χ4n) is 4.13. The third-order valence-electron chi connectivity index (χ3n) is 5.74. The van der Waals surface area contributed by atoms with E-state index in [9.17, 15) is 14.9 Å². The van der Waals surface area contributed by atoms with Gasteiger partial charge in [-0.25, -0.2) is 14.8 Å². The van der Waals surface area contributed by atoms with E-state index in [1.54, 1.807) is 4.57 Å². The van der Waals surface area contributed by atoms with E-state index in [1.165, 1.54) is 17.3 Å². The molecule has 0 bridgehead atoms. The van der Waals surface area contributed by atoms with Gasteiger partial charge in [-0.1, -0.05) is 25.1 Å². The van der Waals surface area contributed by atoms with Crippen LogP contribution >= 0.6 is 11.8 Å². The summed E-state index contributed by atoms with van der Waals surface area (Å²) in [6, 6.07) is 4.25. The van der Waals surface area contributed by atoms with Gasteiger partial charge in [0.1, 0.15) is 16.9 Å². The number of nitrogens with zero attached hydrogens (tertiary/aromatic N) is 5. The molecule has 3 heterocycles. The maximum atomic E-state index is 12.6. The summed E-state index contributed by atoms with van der Waals surface area (Å²) in [4.78, 5) is 36.8. The Bertz CT molecular complexity index is 1280. The third kappa shape index (κ3) is 4.04. The van der Waals surface area contributed by atoms with E-state index in [2.05, 4.69) is 18.0 Å². The van der Waals surface area contributed by atoms with Crippen LogP contribution in [0.15, 0.2) is 20.7 Å². The molecule has 8 nitrogen and oxygen atoms in total. The van der Waals surface area contributed by atoms with Crippen LogP contribution in [-0.4, -0.2) is 24.1 Å². The number of H-pyrrole nitrogens is 1. The molecule has 9 heteroatoms. The average molecular weight is 439 g/mol. The highest BCUT2D eigenvalue weighted by molar-refractivity contribution is 7.98. The molecule has 1 N–H and O–H groups in total. The molecule has 3 aromatic heterocycles. The fraction of sp³-hybridized carbons (Fsp3) is 0.500. The number of imidazole rings is 1. The van der Waals surface area contributed by atoms with Crippen molar-refractivity contribution in [2.45, 2.75) is 76.2 Å². The molecule has 0 fully saturated rings. The minimum absolute atomic E-state index is 0.414. The number of aromatic amines is 1. The van der Waals surface area contributed by atoms with Gasteiger partial charge in [0.25, 0.3) is 5.56 Å². The lowest BCUT2D eigenvalue weighted by Crippen LogP contribution is -2.31. The molecule has 0 saturated carbocycles. The van der Waals surface area contributed by atoms with Crippen molar-refractivity contribution < 1.29 is 0 Å². The van der Waals surface area contributed by atoms with Crippen molar-refractivity contribution in [2.24, 2.45) is 0 Å². The molecule has 0 aliphatic heterocycles. The Morgan fingerprint density at radius 1 is 1.19 bits per heavy atom. The van der Waals surface area contributed by atoms with E-state index in [0.717, 1.165) is 44.2 Å². The van der Waals surface area contributed by atoms with Gasteiger partial charge >= 0.3 is 5.69 Å². The van der Waals surface area contributed by atoms with Crippen LogP contribution in [0.2, 0.25) is 0 Å². The zero-order valence-corrected chi connectivity index (χ0v) is 18.7. The lowest BCUT2D eigenvalue weighted by atomic mass is 9.95. The van der Waals surface area contributed by atoms with Gasteiger partial charge in [0, 0.05) is 18.8 Å². The zero-order chi connectivity index (χ0) is 22.0. The van der Waals surface area contributed by atoms with E-state index < -0.39 is 11.2 Å². The lowest BCUT2D eigenvalue weighted by molar-refractivity contribution is 0.613. The van der Waals surface area contributed by atoms with Crippen LogP contribution < -0.4 is 11.2 Å². The second kappa shape index (κ2) is 9.10. The maximum absolute atomic E-state index is 12.6. The second-order valence-electron chi connectivity index (χ2n) is 7.76.